The van der Waals surface area contributed by atoms with Gasteiger partial charge in [-0.25, -0.2) is 4.98 Å². The summed E-state index contributed by atoms with van der Waals surface area (Å²) in [6.45, 7) is 7.57. The molecule has 0 bridgehead atoms. The first-order valence-electron chi connectivity index (χ1n) is 6.86. The molecule has 0 fully saturated rings. The minimum atomic E-state index is 0.703. The van der Waals surface area contributed by atoms with Crippen LogP contribution in [0.1, 0.15) is 39.5 Å². The number of aromatic nitrogens is 1. The van der Waals surface area contributed by atoms with Gasteiger partial charge in [0.05, 0.1) is 0 Å². The Labute approximate surface area is 109 Å². The number of hydrogen-bond acceptors (Lipinski definition) is 3. The Bertz CT molecular complexity index is 504. The Hall–Kier alpha value is -1.51. The molecule has 1 aromatic carbocycles. The smallest absolute Gasteiger partial charge is 0.195 e. The molecule has 0 aliphatic rings. The molecule has 0 aliphatic carbocycles. The van der Waals surface area contributed by atoms with E-state index in [1.54, 1.807) is 0 Å². The molecule has 18 heavy (non-hydrogen) atoms. The highest BCUT2D eigenvalue weighted by Crippen LogP contribution is 2.20. The van der Waals surface area contributed by atoms with E-state index in [9.17, 15) is 0 Å². The molecule has 3 nitrogen and oxygen atoms in total. The zero-order valence-electron chi connectivity index (χ0n) is 11.5. The van der Waals surface area contributed by atoms with Crippen LogP contribution in [0, 0.1) is 5.92 Å². The summed E-state index contributed by atoms with van der Waals surface area (Å²) in [5.74, 6) is 1.51. The monoisotopic (exact) mass is 246 g/mol. The zero-order chi connectivity index (χ0) is 13.0. The number of rotatable bonds is 6. The summed E-state index contributed by atoms with van der Waals surface area (Å²) in [6, 6.07) is 6.12. The lowest BCUT2D eigenvalue weighted by molar-refractivity contribution is 0.538. The molecule has 0 spiro atoms. The summed E-state index contributed by atoms with van der Waals surface area (Å²) in [4.78, 5) is 4.45. The lowest BCUT2D eigenvalue weighted by Crippen LogP contribution is -2.10. The zero-order valence-corrected chi connectivity index (χ0v) is 11.5. The van der Waals surface area contributed by atoms with Crippen LogP contribution in [0.15, 0.2) is 22.6 Å². The van der Waals surface area contributed by atoms with Crippen LogP contribution in [0.4, 0.5) is 5.69 Å². The first kappa shape index (κ1) is 12.9. The molecule has 1 N–H and O–H groups in total. The molecule has 1 heterocycles. The van der Waals surface area contributed by atoms with Crippen LogP contribution < -0.4 is 5.32 Å². The quantitative estimate of drug-likeness (QED) is 0.828. The minimum Gasteiger partial charge on any atom is -0.441 e. The predicted molar refractivity (Wildman–Crippen MR) is 75.9 cm³/mol. The molecule has 0 amide bonds. The number of nitrogens with one attached hydrogen (secondary N) is 1. The topological polar surface area (TPSA) is 38.1 Å². The van der Waals surface area contributed by atoms with Gasteiger partial charge in [0, 0.05) is 18.7 Å². The van der Waals surface area contributed by atoms with E-state index >= 15 is 0 Å². The molecule has 0 aliphatic heterocycles. The van der Waals surface area contributed by atoms with E-state index < -0.39 is 0 Å². The van der Waals surface area contributed by atoms with Crippen molar-refractivity contribution < 1.29 is 4.42 Å². The van der Waals surface area contributed by atoms with Crippen molar-refractivity contribution in [2.24, 2.45) is 5.92 Å². The highest BCUT2D eigenvalue weighted by molar-refractivity contribution is 5.77. The van der Waals surface area contributed by atoms with E-state index in [2.05, 4.69) is 43.2 Å². The Balaban J connectivity index is 2.05. The van der Waals surface area contributed by atoms with Crippen LogP contribution in [0.5, 0.6) is 0 Å². The summed E-state index contributed by atoms with van der Waals surface area (Å²) in [6.07, 6.45) is 3.34. The van der Waals surface area contributed by atoms with Crippen LogP contribution in [0.2, 0.25) is 0 Å². The first-order chi connectivity index (χ1) is 8.72. The number of benzene rings is 1. The van der Waals surface area contributed by atoms with Crippen molar-refractivity contribution >= 4 is 16.8 Å². The standard InChI is InChI=1S/C15H22N2O/c1-4-6-11(3)10-16-12-7-8-14-13(9-12)17-15(5-2)18-14/h7-9,11,16H,4-6,10H2,1-3H3. The van der Waals surface area contributed by atoms with E-state index in [0.717, 1.165) is 35.6 Å². The summed E-state index contributed by atoms with van der Waals surface area (Å²) in [5.41, 5.74) is 2.94. The van der Waals surface area contributed by atoms with Gasteiger partial charge in [0.25, 0.3) is 0 Å². The number of fused-ring (bicyclic) bond motifs is 1. The third kappa shape index (κ3) is 3.03. The van der Waals surface area contributed by atoms with E-state index in [1.165, 1.54) is 12.8 Å². The van der Waals surface area contributed by atoms with Gasteiger partial charge in [-0.05, 0) is 30.5 Å². The van der Waals surface area contributed by atoms with Gasteiger partial charge in [-0.3, -0.25) is 0 Å². The molecule has 1 aromatic heterocycles. The van der Waals surface area contributed by atoms with Crippen LogP contribution in [-0.2, 0) is 6.42 Å². The van der Waals surface area contributed by atoms with Gasteiger partial charge in [0.15, 0.2) is 11.5 Å². The van der Waals surface area contributed by atoms with Crippen LogP contribution in [0.25, 0.3) is 11.1 Å². The average molecular weight is 246 g/mol. The molecule has 3 heteroatoms. The van der Waals surface area contributed by atoms with Gasteiger partial charge in [0.2, 0.25) is 0 Å². The fourth-order valence-corrected chi connectivity index (χ4v) is 2.12. The maximum atomic E-state index is 5.60. The molecule has 2 rings (SSSR count). The van der Waals surface area contributed by atoms with Gasteiger partial charge in [-0.2, -0.15) is 0 Å². The minimum absolute atomic E-state index is 0.703. The molecule has 1 unspecified atom stereocenters. The molecular weight excluding hydrogens is 224 g/mol. The summed E-state index contributed by atoms with van der Waals surface area (Å²) >= 11 is 0. The highest BCUT2D eigenvalue weighted by atomic mass is 16.3. The lowest BCUT2D eigenvalue weighted by atomic mass is 10.1. The van der Waals surface area contributed by atoms with Crippen molar-refractivity contribution in [1.82, 2.24) is 4.98 Å². The van der Waals surface area contributed by atoms with Crippen molar-refractivity contribution in [3.05, 3.63) is 24.1 Å². The third-order valence-corrected chi connectivity index (χ3v) is 3.17. The normalized spacial score (nSPS) is 12.8. The number of nitrogens with zero attached hydrogens (tertiary/aromatic N) is 1. The molecule has 1 atom stereocenters. The fourth-order valence-electron chi connectivity index (χ4n) is 2.12. The molecule has 2 aromatic rings. The van der Waals surface area contributed by atoms with Crippen LogP contribution >= 0.6 is 0 Å². The molecule has 98 valence electrons. The van der Waals surface area contributed by atoms with Gasteiger partial charge in [-0.15, -0.1) is 0 Å². The van der Waals surface area contributed by atoms with Crippen LogP contribution in [-0.4, -0.2) is 11.5 Å². The van der Waals surface area contributed by atoms with E-state index in [0.29, 0.717) is 5.92 Å². The van der Waals surface area contributed by atoms with E-state index in [1.807, 2.05) is 6.07 Å². The van der Waals surface area contributed by atoms with Gasteiger partial charge in [0.1, 0.15) is 5.52 Å². The maximum Gasteiger partial charge on any atom is 0.195 e. The summed E-state index contributed by atoms with van der Waals surface area (Å²) < 4.78 is 5.60. The predicted octanol–water partition coefficient (Wildman–Crippen LogP) is 4.24. The third-order valence-electron chi connectivity index (χ3n) is 3.17. The maximum absolute atomic E-state index is 5.60. The second-order valence-electron chi connectivity index (χ2n) is 4.92. The number of aryl methyl sites for hydroxylation is 1. The summed E-state index contributed by atoms with van der Waals surface area (Å²) in [7, 11) is 0. The Kier molecular flexibility index (Phi) is 4.24. The van der Waals surface area contributed by atoms with Gasteiger partial charge < -0.3 is 9.73 Å². The number of hydrogen-bond donors (Lipinski definition) is 1. The number of oxazole rings is 1. The second kappa shape index (κ2) is 5.89. The molecular formula is C15H22N2O. The second-order valence-corrected chi connectivity index (χ2v) is 4.92. The molecule has 0 radical (unpaired) electrons. The Morgan fingerprint density at radius 1 is 1.33 bits per heavy atom. The van der Waals surface area contributed by atoms with Gasteiger partial charge >= 0.3 is 0 Å². The average Bonchev–Trinajstić information content (AvgIpc) is 2.78. The Morgan fingerprint density at radius 2 is 2.17 bits per heavy atom. The first-order valence-corrected chi connectivity index (χ1v) is 6.86. The number of anilines is 1. The van der Waals surface area contributed by atoms with E-state index in [4.69, 9.17) is 4.42 Å². The van der Waals surface area contributed by atoms with Crippen molar-refractivity contribution in [2.45, 2.75) is 40.0 Å². The largest absolute Gasteiger partial charge is 0.441 e. The van der Waals surface area contributed by atoms with Crippen molar-refractivity contribution in [3.8, 4) is 0 Å². The Morgan fingerprint density at radius 3 is 2.89 bits per heavy atom. The van der Waals surface area contributed by atoms with E-state index in [-0.39, 0.29) is 0 Å². The van der Waals surface area contributed by atoms with Crippen molar-refractivity contribution in [3.63, 3.8) is 0 Å². The molecule has 0 saturated heterocycles. The van der Waals surface area contributed by atoms with Gasteiger partial charge in [-0.1, -0.05) is 27.2 Å². The van der Waals surface area contributed by atoms with Crippen molar-refractivity contribution in [1.29, 1.82) is 0 Å². The SMILES string of the molecule is CCCC(C)CNc1ccc2oc(CC)nc2c1. The highest BCUT2D eigenvalue weighted by Gasteiger charge is 2.05. The summed E-state index contributed by atoms with van der Waals surface area (Å²) in [5, 5.41) is 3.47. The van der Waals surface area contributed by atoms with Crippen LogP contribution in [0.3, 0.4) is 0 Å². The lowest BCUT2D eigenvalue weighted by Gasteiger charge is -2.12. The van der Waals surface area contributed by atoms with Crippen molar-refractivity contribution in [2.75, 3.05) is 11.9 Å². The molecule has 0 saturated carbocycles. The fraction of sp³-hybridized carbons (Fsp3) is 0.533.